The van der Waals surface area contributed by atoms with Crippen LogP contribution in [0.25, 0.3) is 75.8 Å². The molecule has 294 valence electrons. The molecule has 1 aromatic heterocycles. The molecule has 2 heteroatoms. The highest BCUT2D eigenvalue weighted by atomic mass is 32.1. The van der Waals surface area contributed by atoms with E-state index in [-0.39, 0.29) is 0 Å². The molecule has 13 rings (SSSR count). The summed E-state index contributed by atoms with van der Waals surface area (Å²) in [5.74, 6) is 0. The highest BCUT2D eigenvalue weighted by Crippen LogP contribution is 2.63. The quantitative estimate of drug-likeness (QED) is 0.162. The van der Waals surface area contributed by atoms with Gasteiger partial charge >= 0.3 is 0 Å². The van der Waals surface area contributed by atoms with Crippen LogP contribution in [0.2, 0.25) is 0 Å². The van der Waals surface area contributed by atoms with Crippen LogP contribution in [0.4, 0.5) is 17.1 Å². The topological polar surface area (TPSA) is 3.24 Å². The van der Waals surface area contributed by atoms with E-state index in [1.807, 2.05) is 11.3 Å². The first-order valence-electron chi connectivity index (χ1n) is 21.7. The van der Waals surface area contributed by atoms with E-state index in [0.29, 0.717) is 0 Å². The first kappa shape index (κ1) is 35.9. The van der Waals surface area contributed by atoms with Crippen LogP contribution in [-0.4, -0.2) is 0 Å². The maximum atomic E-state index is 2.47. The Morgan fingerprint density at radius 1 is 0.270 bits per heavy atom. The van der Waals surface area contributed by atoms with Gasteiger partial charge in [0.25, 0.3) is 0 Å². The van der Waals surface area contributed by atoms with Crippen LogP contribution in [0, 0.1) is 0 Å². The first-order chi connectivity index (χ1) is 31.2. The predicted molar refractivity (Wildman–Crippen MR) is 267 cm³/mol. The van der Waals surface area contributed by atoms with Crippen molar-refractivity contribution >= 4 is 48.6 Å². The third-order valence-electron chi connectivity index (χ3n) is 13.5. The number of thiophene rings is 1. The molecule has 0 saturated heterocycles. The van der Waals surface area contributed by atoms with Gasteiger partial charge in [-0.1, -0.05) is 182 Å². The molecule has 0 bridgehead atoms. The summed E-state index contributed by atoms with van der Waals surface area (Å²) in [6.45, 7) is 0. The Hall–Kier alpha value is -7.78. The standard InChI is InChI=1S/C61H39NS/c1-2-12-40(13-3-1)42-26-31-46(32-27-42)62(47-33-28-43(29-34-47)41-22-24-44(25-23-41)45-30-37-60-54(38-45)53-17-7-11-21-59(53)63-60)48-35-36-52-51-16-6-10-20-57(51)61(58(52)39-48)55-18-8-4-14-49(55)50-15-5-9-19-56(50)61/h1-39H. The number of nitrogens with zero attached hydrogens (tertiary/aromatic N) is 1. The molecular weight excluding hydrogens is 779 g/mol. The second kappa shape index (κ2) is 14.1. The lowest BCUT2D eigenvalue weighted by Gasteiger charge is -2.32. The summed E-state index contributed by atoms with van der Waals surface area (Å²) in [6.07, 6.45) is 0. The van der Waals surface area contributed by atoms with Crippen molar-refractivity contribution in [2.24, 2.45) is 0 Å². The third kappa shape index (κ3) is 5.48. The molecular formula is C61H39NS. The number of rotatable bonds is 6. The monoisotopic (exact) mass is 817 g/mol. The molecule has 0 N–H and O–H groups in total. The fourth-order valence-corrected chi connectivity index (χ4v) is 11.8. The largest absolute Gasteiger partial charge is 0.310 e. The van der Waals surface area contributed by atoms with Gasteiger partial charge in [-0.15, -0.1) is 11.3 Å². The van der Waals surface area contributed by atoms with Crippen molar-refractivity contribution in [3.63, 3.8) is 0 Å². The van der Waals surface area contributed by atoms with Gasteiger partial charge in [0.1, 0.15) is 0 Å². The van der Waals surface area contributed by atoms with E-state index in [9.17, 15) is 0 Å². The van der Waals surface area contributed by atoms with Crippen molar-refractivity contribution in [2.45, 2.75) is 5.41 Å². The molecule has 1 nitrogen and oxygen atoms in total. The molecule has 0 atom stereocenters. The van der Waals surface area contributed by atoms with Crippen molar-refractivity contribution in [1.29, 1.82) is 0 Å². The zero-order valence-corrected chi connectivity index (χ0v) is 35.2. The Kier molecular flexibility index (Phi) is 8.06. The van der Waals surface area contributed by atoms with E-state index in [1.165, 1.54) is 98.1 Å². The highest BCUT2D eigenvalue weighted by molar-refractivity contribution is 7.25. The minimum absolute atomic E-state index is 0.419. The molecule has 10 aromatic carbocycles. The minimum atomic E-state index is -0.419. The van der Waals surface area contributed by atoms with Gasteiger partial charge in [-0.2, -0.15) is 0 Å². The summed E-state index contributed by atoms with van der Waals surface area (Å²) in [5.41, 5.74) is 20.8. The normalized spacial score (nSPS) is 12.9. The van der Waals surface area contributed by atoms with E-state index in [4.69, 9.17) is 0 Å². The maximum absolute atomic E-state index is 2.47. The lowest BCUT2D eigenvalue weighted by Crippen LogP contribution is -2.26. The van der Waals surface area contributed by atoms with Crippen LogP contribution in [0.15, 0.2) is 237 Å². The first-order valence-corrected chi connectivity index (χ1v) is 22.6. The summed E-state index contributed by atoms with van der Waals surface area (Å²) in [6, 6.07) is 87.7. The Morgan fingerprint density at radius 2 is 0.683 bits per heavy atom. The molecule has 0 fully saturated rings. The molecule has 11 aromatic rings. The van der Waals surface area contributed by atoms with Gasteiger partial charge in [0, 0.05) is 37.2 Å². The van der Waals surface area contributed by atoms with Crippen LogP contribution in [0.1, 0.15) is 22.3 Å². The number of hydrogen-bond donors (Lipinski definition) is 0. The molecule has 1 spiro atoms. The smallest absolute Gasteiger partial charge is 0.0726 e. The van der Waals surface area contributed by atoms with Crippen molar-refractivity contribution < 1.29 is 0 Å². The molecule has 2 aliphatic carbocycles. The fraction of sp³-hybridized carbons (Fsp3) is 0.0164. The van der Waals surface area contributed by atoms with Gasteiger partial charge in [0.05, 0.1) is 5.41 Å². The lowest BCUT2D eigenvalue weighted by molar-refractivity contribution is 0.793. The van der Waals surface area contributed by atoms with Crippen molar-refractivity contribution in [3.05, 3.63) is 259 Å². The molecule has 0 radical (unpaired) electrons. The summed E-state index contributed by atoms with van der Waals surface area (Å²) < 4.78 is 2.67. The predicted octanol–water partition coefficient (Wildman–Crippen LogP) is 16.9. The molecule has 1 heterocycles. The van der Waals surface area contributed by atoms with Gasteiger partial charge in [0.2, 0.25) is 0 Å². The summed E-state index contributed by atoms with van der Waals surface area (Å²) >= 11 is 1.86. The van der Waals surface area contributed by atoms with Crippen molar-refractivity contribution in [1.82, 2.24) is 0 Å². The molecule has 0 saturated carbocycles. The van der Waals surface area contributed by atoms with E-state index in [2.05, 4.69) is 241 Å². The summed E-state index contributed by atoms with van der Waals surface area (Å²) in [7, 11) is 0. The van der Waals surface area contributed by atoms with Crippen molar-refractivity contribution in [3.8, 4) is 55.6 Å². The second-order valence-corrected chi connectivity index (χ2v) is 17.9. The maximum Gasteiger partial charge on any atom is 0.0726 e. The molecule has 63 heavy (non-hydrogen) atoms. The number of hydrogen-bond acceptors (Lipinski definition) is 2. The number of benzene rings is 10. The highest BCUT2D eigenvalue weighted by Gasteiger charge is 2.51. The zero-order chi connectivity index (χ0) is 41.5. The van der Waals surface area contributed by atoms with Gasteiger partial charge in [-0.3, -0.25) is 0 Å². The Balaban J connectivity index is 0.916. The zero-order valence-electron chi connectivity index (χ0n) is 34.4. The molecule has 0 aliphatic heterocycles. The number of fused-ring (bicyclic) bond motifs is 13. The third-order valence-corrected chi connectivity index (χ3v) is 14.7. The van der Waals surface area contributed by atoms with Gasteiger partial charge in [-0.25, -0.2) is 0 Å². The van der Waals surface area contributed by atoms with Gasteiger partial charge < -0.3 is 4.90 Å². The second-order valence-electron chi connectivity index (χ2n) is 16.8. The van der Waals surface area contributed by atoms with Gasteiger partial charge in [0.15, 0.2) is 0 Å². The summed E-state index contributed by atoms with van der Waals surface area (Å²) in [5, 5.41) is 2.66. The molecule has 2 aliphatic rings. The van der Waals surface area contributed by atoms with E-state index < -0.39 is 5.41 Å². The Labute approximate surface area is 371 Å². The summed E-state index contributed by atoms with van der Waals surface area (Å²) in [4.78, 5) is 2.43. The minimum Gasteiger partial charge on any atom is -0.310 e. The average Bonchev–Trinajstić information content (AvgIpc) is 3.99. The lowest BCUT2D eigenvalue weighted by atomic mass is 9.70. The average molecular weight is 818 g/mol. The van der Waals surface area contributed by atoms with Crippen LogP contribution in [-0.2, 0) is 5.41 Å². The van der Waals surface area contributed by atoms with E-state index >= 15 is 0 Å². The Bertz CT molecular complexity index is 3480. The van der Waals surface area contributed by atoms with Crippen LogP contribution in [0.5, 0.6) is 0 Å². The van der Waals surface area contributed by atoms with E-state index in [0.717, 1.165) is 17.1 Å². The van der Waals surface area contributed by atoms with E-state index in [1.54, 1.807) is 0 Å². The molecule has 0 amide bonds. The fourth-order valence-electron chi connectivity index (χ4n) is 10.7. The van der Waals surface area contributed by atoms with Crippen LogP contribution in [0.3, 0.4) is 0 Å². The SMILES string of the molecule is c1ccc(-c2ccc(N(c3ccc(-c4ccc(-c5ccc6sc7ccccc7c6c5)cc4)cc3)c3ccc4c(c3)C3(c5ccccc5-c5ccccc53)c3ccccc3-4)cc2)cc1. The number of anilines is 3. The van der Waals surface area contributed by atoms with Crippen LogP contribution < -0.4 is 4.90 Å². The van der Waals surface area contributed by atoms with Crippen LogP contribution >= 0.6 is 11.3 Å². The Morgan fingerprint density at radius 3 is 1.27 bits per heavy atom. The molecule has 0 unspecified atom stereocenters. The van der Waals surface area contributed by atoms with Crippen molar-refractivity contribution in [2.75, 3.05) is 4.90 Å². The van der Waals surface area contributed by atoms with Gasteiger partial charge in [-0.05, 0) is 132 Å².